The van der Waals surface area contributed by atoms with Crippen LogP contribution >= 0.6 is 0 Å². The maximum Gasteiger partial charge on any atom is 0.293 e. The van der Waals surface area contributed by atoms with Gasteiger partial charge in [-0.25, -0.2) is 9.97 Å². The number of nitrogens with zero attached hydrogens (tertiary/aromatic N) is 2. The molecule has 0 unspecified atom stereocenters. The summed E-state index contributed by atoms with van der Waals surface area (Å²) >= 11 is 0. The first kappa shape index (κ1) is 17.7. The van der Waals surface area contributed by atoms with Crippen molar-refractivity contribution in [3.63, 3.8) is 0 Å². The number of rotatable bonds is 5. The fourth-order valence-electron chi connectivity index (χ4n) is 3.06. The highest BCUT2D eigenvalue weighted by molar-refractivity contribution is 6.04. The van der Waals surface area contributed by atoms with E-state index in [1.807, 2.05) is 78.9 Å². The first-order valence-electron chi connectivity index (χ1n) is 9.22. The Morgan fingerprint density at radius 1 is 0.857 bits per heavy atom. The van der Waals surface area contributed by atoms with Crippen molar-refractivity contribution in [1.82, 2.24) is 9.97 Å². The molecule has 138 valence electrons. The van der Waals surface area contributed by atoms with Gasteiger partial charge in [-0.1, -0.05) is 55.5 Å². The van der Waals surface area contributed by atoms with Crippen LogP contribution in [0.5, 0.6) is 0 Å². The number of hydrogen-bond acceptors (Lipinski definition) is 4. The summed E-state index contributed by atoms with van der Waals surface area (Å²) in [6.07, 6.45) is 0.829. The number of benzene rings is 3. The van der Waals surface area contributed by atoms with E-state index in [0.717, 1.165) is 28.7 Å². The second-order valence-corrected chi connectivity index (χ2v) is 6.37. The van der Waals surface area contributed by atoms with Crippen LogP contribution in [0.15, 0.2) is 78.9 Å². The quantitative estimate of drug-likeness (QED) is 0.509. The number of carbonyl (C=O) groups is 1. The predicted octanol–water partition coefficient (Wildman–Crippen LogP) is 5.19. The maximum absolute atomic E-state index is 12.9. The molecule has 1 heterocycles. The van der Waals surface area contributed by atoms with Crippen molar-refractivity contribution < 1.29 is 4.79 Å². The van der Waals surface area contributed by atoms with E-state index in [2.05, 4.69) is 27.5 Å². The van der Waals surface area contributed by atoms with Crippen molar-refractivity contribution in [2.24, 2.45) is 0 Å². The molecule has 4 aromatic rings. The second kappa shape index (κ2) is 7.88. The number of hydrogen-bond donors (Lipinski definition) is 2. The molecule has 2 N–H and O–H groups in total. The molecule has 4 rings (SSSR count). The summed E-state index contributed by atoms with van der Waals surface area (Å²) < 4.78 is 0. The van der Waals surface area contributed by atoms with Crippen LogP contribution in [-0.4, -0.2) is 15.9 Å². The third-order valence-corrected chi connectivity index (χ3v) is 4.49. The molecule has 1 aromatic heterocycles. The summed E-state index contributed by atoms with van der Waals surface area (Å²) in [5.74, 6) is 0.400. The highest BCUT2D eigenvalue weighted by Crippen LogP contribution is 2.24. The van der Waals surface area contributed by atoms with Crippen molar-refractivity contribution in [3.8, 4) is 0 Å². The van der Waals surface area contributed by atoms with E-state index in [1.165, 1.54) is 0 Å². The van der Waals surface area contributed by atoms with Gasteiger partial charge in [0.25, 0.3) is 5.91 Å². The maximum atomic E-state index is 12.9. The van der Waals surface area contributed by atoms with Crippen molar-refractivity contribution in [2.75, 3.05) is 10.6 Å². The van der Waals surface area contributed by atoms with E-state index in [0.29, 0.717) is 11.3 Å². The van der Waals surface area contributed by atoms with Gasteiger partial charge in [-0.3, -0.25) is 4.79 Å². The molecule has 0 saturated carbocycles. The van der Waals surface area contributed by atoms with E-state index in [1.54, 1.807) is 0 Å². The Bertz CT molecular complexity index is 1130. The monoisotopic (exact) mass is 368 g/mol. The van der Waals surface area contributed by atoms with Crippen LogP contribution in [0.25, 0.3) is 10.9 Å². The number of anilines is 3. The fraction of sp³-hybridized carbons (Fsp3) is 0.0870. The lowest BCUT2D eigenvalue weighted by atomic mass is 10.1. The lowest BCUT2D eigenvalue weighted by Crippen LogP contribution is -2.17. The molecule has 1 amide bonds. The average Bonchev–Trinajstić information content (AvgIpc) is 2.74. The van der Waals surface area contributed by atoms with Crippen LogP contribution in [0.1, 0.15) is 23.1 Å². The normalized spacial score (nSPS) is 10.6. The topological polar surface area (TPSA) is 66.9 Å². The predicted molar refractivity (Wildman–Crippen MR) is 113 cm³/mol. The first-order chi connectivity index (χ1) is 13.7. The lowest BCUT2D eigenvalue weighted by Gasteiger charge is -2.12. The summed E-state index contributed by atoms with van der Waals surface area (Å²) in [6.45, 7) is 2.05. The number of aromatic nitrogens is 2. The Hall–Kier alpha value is -3.73. The minimum atomic E-state index is -0.331. The van der Waals surface area contributed by atoms with Gasteiger partial charge < -0.3 is 10.6 Å². The van der Waals surface area contributed by atoms with Gasteiger partial charge in [0.05, 0.1) is 5.52 Å². The molecule has 0 aliphatic carbocycles. The van der Waals surface area contributed by atoms with Crippen LogP contribution in [0.3, 0.4) is 0 Å². The van der Waals surface area contributed by atoms with Gasteiger partial charge in [0.2, 0.25) is 5.82 Å². The summed E-state index contributed by atoms with van der Waals surface area (Å²) in [7, 11) is 0. The van der Waals surface area contributed by atoms with Gasteiger partial charge in [0, 0.05) is 16.8 Å². The average molecular weight is 368 g/mol. The van der Waals surface area contributed by atoms with Gasteiger partial charge in [-0.2, -0.15) is 0 Å². The Labute approximate surface area is 163 Å². The van der Waals surface area contributed by atoms with Gasteiger partial charge in [0.1, 0.15) is 5.82 Å². The molecule has 28 heavy (non-hydrogen) atoms. The Balaban J connectivity index is 1.72. The largest absolute Gasteiger partial charge is 0.340 e. The van der Waals surface area contributed by atoms with Crippen LogP contribution in [0.2, 0.25) is 0 Å². The second-order valence-electron chi connectivity index (χ2n) is 6.37. The molecule has 0 saturated heterocycles. The number of nitrogens with one attached hydrogen (secondary N) is 2. The Kier molecular flexibility index (Phi) is 4.97. The highest BCUT2D eigenvalue weighted by atomic mass is 16.2. The van der Waals surface area contributed by atoms with Crippen LogP contribution in [0, 0.1) is 0 Å². The zero-order valence-electron chi connectivity index (χ0n) is 15.5. The minimum Gasteiger partial charge on any atom is -0.340 e. The lowest BCUT2D eigenvalue weighted by molar-refractivity contribution is 0.101. The van der Waals surface area contributed by atoms with Crippen molar-refractivity contribution >= 4 is 34.0 Å². The highest BCUT2D eigenvalue weighted by Gasteiger charge is 2.15. The van der Waals surface area contributed by atoms with Crippen molar-refractivity contribution in [3.05, 3.63) is 90.3 Å². The SMILES string of the molecule is CCc1ccccc1NC(=O)c1nc(Nc2ccccc2)c2ccccc2n1. The van der Waals surface area contributed by atoms with Crippen molar-refractivity contribution in [2.45, 2.75) is 13.3 Å². The molecule has 5 heteroatoms. The number of aryl methyl sites for hydroxylation is 1. The number of amides is 1. The van der Waals surface area contributed by atoms with Gasteiger partial charge in [0.15, 0.2) is 0 Å². The third-order valence-electron chi connectivity index (χ3n) is 4.49. The summed E-state index contributed by atoms with van der Waals surface area (Å²) in [6, 6.07) is 25.1. The van der Waals surface area contributed by atoms with Crippen LogP contribution in [-0.2, 0) is 6.42 Å². The number of fused-ring (bicyclic) bond motifs is 1. The van der Waals surface area contributed by atoms with E-state index >= 15 is 0 Å². The Morgan fingerprint density at radius 3 is 2.39 bits per heavy atom. The molecule has 0 fully saturated rings. The first-order valence-corrected chi connectivity index (χ1v) is 9.22. The molecule has 5 nitrogen and oxygen atoms in total. The standard InChI is InChI=1S/C23H20N4O/c1-2-16-10-6-8-14-19(16)26-23(28)22-25-20-15-9-7-13-18(20)21(27-22)24-17-11-4-3-5-12-17/h3-15H,2H2,1H3,(H,26,28)(H,24,25,27). The van der Waals surface area contributed by atoms with Crippen LogP contribution < -0.4 is 10.6 Å². The van der Waals surface area contributed by atoms with E-state index in [4.69, 9.17) is 0 Å². The molecule has 0 bridgehead atoms. The molecule has 3 aromatic carbocycles. The van der Waals surface area contributed by atoms with E-state index < -0.39 is 0 Å². The van der Waals surface area contributed by atoms with Gasteiger partial charge in [-0.15, -0.1) is 0 Å². The molecule has 0 aliphatic heterocycles. The van der Waals surface area contributed by atoms with E-state index in [9.17, 15) is 4.79 Å². The summed E-state index contributed by atoms with van der Waals surface area (Å²) in [5, 5.41) is 7.10. The Morgan fingerprint density at radius 2 is 1.57 bits per heavy atom. The van der Waals surface area contributed by atoms with Crippen LogP contribution in [0.4, 0.5) is 17.2 Å². The molecule has 0 aliphatic rings. The number of carbonyl (C=O) groups excluding carboxylic acids is 1. The third kappa shape index (κ3) is 3.69. The summed E-state index contributed by atoms with van der Waals surface area (Å²) in [4.78, 5) is 21.8. The zero-order valence-corrected chi connectivity index (χ0v) is 15.5. The number of para-hydroxylation sites is 3. The van der Waals surface area contributed by atoms with Gasteiger partial charge >= 0.3 is 0 Å². The van der Waals surface area contributed by atoms with Gasteiger partial charge in [-0.05, 0) is 42.3 Å². The zero-order chi connectivity index (χ0) is 19.3. The molecule has 0 spiro atoms. The van der Waals surface area contributed by atoms with E-state index in [-0.39, 0.29) is 11.7 Å². The molecular formula is C23H20N4O. The molecular weight excluding hydrogens is 348 g/mol. The smallest absolute Gasteiger partial charge is 0.293 e. The molecule has 0 atom stereocenters. The summed E-state index contributed by atoms with van der Waals surface area (Å²) in [5.41, 5.74) is 3.46. The minimum absolute atomic E-state index is 0.128. The molecule has 0 radical (unpaired) electrons. The van der Waals surface area contributed by atoms with Crippen molar-refractivity contribution in [1.29, 1.82) is 0 Å². The fourth-order valence-corrected chi connectivity index (χ4v) is 3.06.